The summed E-state index contributed by atoms with van der Waals surface area (Å²) in [5.41, 5.74) is 0.992. The molecular weight excluding hydrogens is 270 g/mol. The zero-order valence-corrected chi connectivity index (χ0v) is 12.5. The maximum Gasteiger partial charge on any atom is 0.335 e. The first-order chi connectivity index (χ1) is 10.0. The number of aromatic nitrogens is 1. The molecule has 0 saturated carbocycles. The summed E-state index contributed by atoms with van der Waals surface area (Å²) in [6, 6.07) is 3.17. The largest absolute Gasteiger partial charge is 0.478 e. The molecule has 2 rings (SSSR count). The van der Waals surface area contributed by atoms with Gasteiger partial charge in [0, 0.05) is 25.8 Å². The minimum Gasteiger partial charge on any atom is -0.478 e. The minimum absolute atomic E-state index is 0.0343. The smallest absolute Gasteiger partial charge is 0.335 e. The van der Waals surface area contributed by atoms with E-state index in [2.05, 4.69) is 4.98 Å². The molecule has 1 N–H and O–H groups in total. The van der Waals surface area contributed by atoms with Crippen LogP contribution in [0.4, 0.5) is 5.82 Å². The van der Waals surface area contributed by atoms with E-state index >= 15 is 0 Å². The Hall–Kier alpha value is -2.11. The molecule has 1 fully saturated rings. The van der Waals surface area contributed by atoms with Gasteiger partial charge in [0.2, 0.25) is 5.91 Å². The second-order valence-electron chi connectivity index (χ2n) is 5.35. The van der Waals surface area contributed by atoms with Crippen LogP contribution in [0.2, 0.25) is 0 Å². The molecule has 1 aliphatic heterocycles. The fraction of sp³-hybridized carbons (Fsp3) is 0.533. The summed E-state index contributed by atoms with van der Waals surface area (Å²) in [4.78, 5) is 31.3. The third kappa shape index (κ3) is 3.71. The van der Waals surface area contributed by atoms with Crippen LogP contribution in [-0.2, 0) is 11.2 Å². The molecule has 0 radical (unpaired) electrons. The predicted octanol–water partition coefficient (Wildman–Crippen LogP) is 1.40. The van der Waals surface area contributed by atoms with E-state index in [9.17, 15) is 14.7 Å². The molecule has 0 unspecified atom stereocenters. The van der Waals surface area contributed by atoms with Crippen LogP contribution in [0, 0.1) is 0 Å². The third-order valence-electron chi connectivity index (χ3n) is 3.62. The minimum atomic E-state index is -0.964. The fourth-order valence-electron chi connectivity index (χ4n) is 2.42. The molecule has 0 atom stereocenters. The molecule has 1 amide bonds. The Morgan fingerprint density at radius 2 is 2.14 bits per heavy atom. The van der Waals surface area contributed by atoms with Crippen LogP contribution >= 0.6 is 0 Å². The molecular formula is C15H21N3O3. The molecule has 0 bridgehead atoms. The highest BCUT2D eigenvalue weighted by Crippen LogP contribution is 2.18. The van der Waals surface area contributed by atoms with Crippen LogP contribution < -0.4 is 4.90 Å². The normalized spacial score (nSPS) is 16.0. The third-order valence-corrected chi connectivity index (χ3v) is 3.62. The summed E-state index contributed by atoms with van der Waals surface area (Å²) in [6.07, 6.45) is 2.48. The van der Waals surface area contributed by atoms with Gasteiger partial charge in [0.25, 0.3) is 0 Å². The van der Waals surface area contributed by atoms with Crippen molar-refractivity contribution in [2.75, 3.05) is 31.6 Å². The van der Waals surface area contributed by atoms with Gasteiger partial charge in [0.15, 0.2) is 0 Å². The monoisotopic (exact) mass is 291 g/mol. The lowest BCUT2D eigenvalue weighted by Crippen LogP contribution is -2.34. The summed E-state index contributed by atoms with van der Waals surface area (Å²) in [7, 11) is 1.79. The van der Waals surface area contributed by atoms with E-state index < -0.39 is 5.97 Å². The predicted molar refractivity (Wildman–Crippen MR) is 79.7 cm³/mol. The SMILES string of the molecule is CCCc1cc(C(=O)O)cc(N2CCCN(C)C(=O)C2)n1. The Morgan fingerprint density at radius 3 is 2.81 bits per heavy atom. The van der Waals surface area contributed by atoms with E-state index in [1.165, 1.54) is 0 Å². The molecule has 1 saturated heterocycles. The van der Waals surface area contributed by atoms with Gasteiger partial charge in [-0.15, -0.1) is 0 Å². The maximum absolute atomic E-state index is 12.0. The van der Waals surface area contributed by atoms with Crippen LogP contribution in [0.1, 0.15) is 35.8 Å². The van der Waals surface area contributed by atoms with E-state index in [0.717, 1.165) is 31.5 Å². The Bertz CT molecular complexity index is 545. The highest BCUT2D eigenvalue weighted by Gasteiger charge is 2.21. The van der Waals surface area contributed by atoms with E-state index in [-0.39, 0.29) is 18.0 Å². The van der Waals surface area contributed by atoms with Crippen LogP contribution in [-0.4, -0.2) is 53.5 Å². The van der Waals surface area contributed by atoms with Crippen molar-refractivity contribution in [3.63, 3.8) is 0 Å². The van der Waals surface area contributed by atoms with Crippen LogP contribution in [0.25, 0.3) is 0 Å². The number of amides is 1. The van der Waals surface area contributed by atoms with Gasteiger partial charge >= 0.3 is 5.97 Å². The lowest BCUT2D eigenvalue weighted by atomic mass is 10.1. The number of pyridine rings is 1. The van der Waals surface area contributed by atoms with Crippen molar-refractivity contribution in [2.45, 2.75) is 26.2 Å². The number of anilines is 1. The first-order valence-corrected chi connectivity index (χ1v) is 7.24. The fourth-order valence-corrected chi connectivity index (χ4v) is 2.42. The average Bonchev–Trinajstić information content (AvgIpc) is 2.61. The van der Waals surface area contributed by atoms with Gasteiger partial charge in [0.05, 0.1) is 12.1 Å². The summed E-state index contributed by atoms with van der Waals surface area (Å²) < 4.78 is 0. The van der Waals surface area contributed by atoms with E-state index in [0.29, 0.717) is 12.4 Å². The number of aromatic carboxylic acids is 1. The van der Waals surface area contributed by atoms with Crippen molar-refractivity contribution >= 4 is 17.7 Å². The van der Waals surface area contributed by atoms with Gasteiger partial charge in [0.1, 0.15) is 5.82 Å². The molecule has 1 aromatic rings. The highest BCUT2D eigenvalue weighted by molar-refractivity contribution is 5.89. The topological polar surface area (TPSA) is 73.7 Å². The Kier molecular flexibility index (Phi) is 4.77. The molecule has 0 spiro atoms. The summed E-state index contributed by atoms with van der Waals surface area (Å²) in [5, 5.41) is 9.23. The average molecular weight is 291 g/mol. The molecule has 2 heterocycles. The number of nitrogens with zero attached hydrogens (tertiary/aromatic N) is 3. The second kappa shape index (κ2) is 6.56. The first kappa shape index (κ1) is 15.3. The van der Waals surface area contributed by atoms with Gasteiger partial charge in [-0.3, -0.25) is 4.79 Å². The Balaban J connectivity index is 2.32. The first-order valence-electron chi connectivity index (χ1n) is 7.24. The van der Waals surface area contributed by atoms with Gasteiger partial charge in [-0.1, -0.05) is 13.3 Å². The standard InChI is InChI=1S/C15H21N3O3/c1-3-5-12-8-11(15(20)21)9-13(16-12)18-7-4-6-17(2)14(19)10-18/h8-9H,3-7,10H2,1-2H3,(H,20,21). The number of carboxylic acids is 1. The summed E-state index contributed by atoms with van der Waals surface area (Å²) >= 11 is 0. The Morgan fingerprint density at radius 1 is 1.38 bits per heavy atom. The number of carboxylic acid groups (broad SMARTS) is 1. The zero-order chi connectivity index (χ0) is 15.4. The van der Waals surface area contributed by atoms with Gasteiger partial charge < -0.3 is 14.9 Å². The number of carbonyl (C=O) groups excluding carboxylic acids is 1. The van der Waals surface area contributed by atoms with Crippen molar-refractivity contribution in [2.24, 2.45) is 0 Å². The van der Waals surface area contributed by atoms with Crippen LogP contribution in [0.5, 0.6) is 0 Å². The number of aryl methyl sites for hydroxylation is 1. The molecule has 1 aromatic heterocycles. The quantitative estimate of drug-likeness (QED) is 0.907. The number of hydrogen-bond acceptors (Lipinski definition) is 4. The number of rotatable bonds is 4. The molecule has 21 heavy (non-hydrogen) atoms. The van der Waals surface area contributed by atoms with Crippen molar-refractivity contribution in [1.82, 2.24) is 9.88 Å². The number of hydrogen-bond donors (Lipinski definition) is 1. The maximum atomic E-state index is 12.0. The summed E-state index contributed by atoms with van der Waals surface area (Å²) in [6.45, 7) is 3.70. The van der Waals surface area contributed by atoms with Gasteiger partial charge in [-0.25, -0.2) is 9.78 Å². The van der Waals surface area contributed by atoms with Crippen LogP contribution in [0.15, 0.2) is 12.1 Å². The van der Waals surface area contributed by atoms with Crippen molar-refractivity contribution in [3.8, 4) is 0 Å². The van der Waals surface area contributed by atoms with Gasteiger partial charge in [-0.2, -0.15) is 0 Å². The molecule has 6 nitrogen and oxygen atoms in total. The molecule has 1 aliphatic rings. The lowest BCUT2D eigenvalue weighted by molar-refractivity contribution is -0.127. The molecule has 0 aromatic carbocycles. The molecule has 6 heteroatoms. The Labute approximate surface area is 124 Å². The zero-order valence-electron chi connectivity index (χ0n) is 12.5. The molecule has 0 aliphatic carbocycles. The van der Waals surface area contributed by atoms with Gasteiger partial charge in [-0.05, 0) is 25.0 Å². The molecule has 114 valence electrons. The summed E-state index contributed by atoms with van der Waals surface area (Å²) in [5.74, 6) is -0.344. The van der Waals surface area contributed by atoms with Crippen molar-refractivity contribution < 1.29 is 14.7 Å². The second-order valence-corrected chi connectivity index (χ2v) is 5.35. The highest BCUT2D eigenvalue weighted by atomic mass is 16.4. The van der Waals surface area contributed by atoms with Crippen molar-refractivity contribution in [3.05, 3.63) is 23.4 Å². The lowest BCUT2D eigenvalue weighted by Gasteiger charge is -2.21. The van der Waals surface area contributed by atoms with E-state index in [1.807, 2.05) is 11.8 Å². The number of carbonyl (C=O) groups is 2. The van der Waals surface area contributed by atoms with E-state index in [1.54, 1.807) is 24.1 Å². The van der Waals surface area contributed by atoms with E-state index in [4.69, 9.17) is 0 Å². The van der Waals surface area contributed by atoms with Crippen molar-refractivity contribution in [1.29, 1.82) is 0 Å². The number of likely N-dealkylation sites (N-methyl/N-ethyl adjacent to an activating group) is 1. The van der Waals surface area contributed by atoms with Crippen LogP contribution in [0.3, 0.4) is 0 Å².